The summed E-state index contributed by atoms with van der Waals surface area (Å²) in [6, 6.07) is 10.4. The maximum absolute atomic E-state index is 14.1. The third-order valence-electron chi connectivity index (χ3n) is 3.71. The molecule has 0 aromatic heterocycles. The highest BCUT2D eigenvalue weighted by molar-refractivity contribution is 6.30. The minimum Gasteiger partial charge on any atom is -0.395 e. The van der Waals surface area contributed by atoms with Gasteiger partial charge in [0.05, 0.1) is 11.6 Å². The van der Waals surface area contributed by atoms with E-state index in [0.717, 1.165) is 0 Å². The Morgan fingerprint density at radius 2 is 1.76 bits per heavy atom. The predicted molar refractivity (Wildman–Crippen MR) is 79.3 cm³/mol. The van der Waals surface area contributed by atoms with E-state index < -0.39 is 11.2 Å². The van der Waals surface area contributed by atoms with Gasteiger partial charge in [0.25, 0.3) is 0 Å². The van der Waals surface area contributed by atoms with Gasteiger partial charge in [-0.25, -0.2) is 8.78 Å². The van der Waals surface area contributed by atoms with E-state index in [0.29, 0.717) is 11.1 Å². The molecule has 0 radical (unpaired) electrons. The molecule has 0 amide bonds. The molecule has 0 bridgehead atoms. The van der Waals surface area contributed by atoms with Crippen molar-refractivity contribution in [3.05, 3.63) is 70.2 Å². The quantitative estimate of drug-likeness (QED) is 0.891. The number of hydrogen-bond donors (Lipinski definition) is 2. The molecule has 5 heteroatoms. The Balaban J connectivity index is 2.43. The molecule has 0 fully saturated rings. The summed E-state index contributed by atoms with van der Waals surface area (Å²) in [5.74, 6) is -0.899. The third kappa shape index (κ3) is 3.23. The van der Waals surface area contributed by atoms with Gasteiger partial charge in [0, 0.05) is 12.0 Å². The summed E-state index contributed by atoms with van der Waals surface area (Å²) in [4.78, 5) is 0. The first-order valence-electron chi connectivity index (χ1n) is 6.52. The van der Waals surface area contributed by atoms with Crippen LogP contribution >= 0.6 is 11.6 Å². The van der Waals surface area contributed by atoms with Crippen LogP contribution in [0.1, 0.15) is 11.1 Å². The molecule has 1 atom stereocenters. The number of nitrogens with two attached hydrogens (primary N) is 1. The zero-order valence-electron chi connectivity index (χ0n) is 11.3. The van der Waals surface area contributed by atoms with Crippen molar-refractivity contribution in [3.8, 4) is 0 Å². The second-order valence-corrected chi connectivity index (χ2v) is 5.45. The fourth-order valence-corrected chi connectivity index (χ4v) is 2.55. The fourth-order valence-electron chi connectivity index (χ4n) is 2.36. The van der Waals surface area contributed by atoms with Crippen molar-refractivity contribution in [2.24, 2.45) is 5.73 Å². The third-order valence-corrected chi connectivity index (χ3v) is 4.00. The maximum Gasteiger partial charge on any atom is 0.145 e. The van der Waals surface area contributed by atoms with Gasteiger partial charge < -0.3 is 10.8 Å². The number of hydrogen-bond acceptors (Lipinski definition) is 2. The zero-order valence-corrected chi connectivity index (χ0v) is 12.1. The first-order valence-corrected chi connectivity index (χ1v) is 6.90. The van der Waals surface area contributed by atoms with Crippen LogP contribution < -0.4 is 5.73 Å². The van der Waals surface area contributed by atoms with Crippen molar-refractivity contribution in [3.63, 3.8) is 0 Å². The molecule has 0 saturated heterocycles. The molecule has 1 unspecified atom stereocenters. The first kappa shape index (κ1) is 15.9. The Labute approximate surface area is 127 Å². The number of halogens is 3. The number of rotatable bonds is 5. The van der Waals surface area contributed by atoms with Crippen LogP contribution in [0.5, 0.6) is 0 Å². The molecule has 2 rings (SSSR count). The lowest BCUT2D eigenvalue weighted by Crippen LogP contribution is -2.41. The van der Waals surface area contributed by atoms with Gasteiger partial charge in [-0.3, -0.25) is 0 Å². The van der Waals surface area contributed by atoms with Crippen molar-refractivity contribution in [2.45, 2.75) is 11.8 Å². The standard InChI is InChI=1S/C16H16ClF2NO/c17-14-3-1-2-11(15(14)19)8-16(9-20,10-21)12-4-6-13(18)7-5-12/h1-7,21H,8-10,20H2. The molecule has 2 aromatic rings. The Bertz CT molecular complexity index is 612. The topological polar surface area (TPSA) is 46.2 Å². The van der Waals surface area contributed by atoms with Gasteiger partial charge in [0.1, 0.15) is 11.6 Å². The molecule has 0 aliphatic rings. The molecular weight excluding hydrogens is 296 g/mol. The smallest absolute Gasteiger partial charge is 0.145 e. The van der Waals surface area contributed by atoms with Crippen LogP contribution in [0.2, 0.25) is 5.02 Å². The Hall–Kier alpha value is -1.49. The van der Waals surface area contributed by atoms with Crippen LogP contribution in [-0.2, 0) is 11.8 Å². The molecule has 3 N–H and O–H groups in total. The first-order chi connectivity index (χ1) is 10.0. The summed E-state index contributed by atoms with van der Waals surface area (Å²) in [5.41, 5.74) is 5.97. The summed E-state index contributed by atoms with van der Waals surface area (Å²) in [6.45, 7) is -0.178. The molecule has 2 aromatic carbocycles. The Morgan fingerprint density at radius 1 is 1.10 bits per heavy atom. The van der Waals surface area contributed by atoms with E-state index in [4.69, 9.17) is 17.3 Å². The average Bonchev–Trinajstić information content (AvgIpc) is 2.50. The van der Waals surface area contributed by atoms with Crippen LogP contribution in [-0.4, -0.2) is 18.3 Å². The van der Waals surface area contributed by atoms with E-state index in [1.54, 1.807) is 24.3 Å². The van der Waals surface area contributed by atoms with E-state index in [1.807, 2.05) is 0 Å². The van der Waals surface area contributed by atoms with Crippen LogP contribution in [0, 0.1) is 11.6 Å². The minimum absolute atomic E-state index is 0.0236. The Morgan fingerprint density at radius 3 is 2.33 bits per heavy atom. The highest BCUT2D eigenvalue weighted by Crippen LogP contribution is 2.30. The SMILES string of the molecule is NCC(CO)(Cc1cccc(Cl)c1F)c1ccc(F)cc1. The van der Waals surface area contributed by atoms with Crippen LogP contribution in [0.4, 0.5) is 8.78 Å². The second kappa shape index (κ2) is 6.52. The molecule has 0 heterocycles. The fraction of sp³-hybridized carbons (Fsp3) is 0.250. The summed E-state index contributed by atoms with van der Waals surface area (Å²) >= 11 is 5.78. The number of aliphatic hydroxyl groups is 1. The van der Waals surface area contributed by atoms with Gasteiger partial charge in [-0.1, -0.05) is 35.9 Å². The Kier molecular flexibility index (Phi) is 4.93. The van der Waals surface area contributed by atoms with Crippen molar-refractivity contribution < 1.29 is 13.9 Å². The molecule has 0 saturated carbocycles. The van der Waals surface area contributed by atoms with E-state index in [-0.39, 0.29) is 30.4 Å². The number of benzene rings is 2. The number of aliphatic hydroxyl groups excluding tert-OH is 1. The lowest BCUT2D eigenvalue weighted by Gasteiger charge is -2.31. The van der Waals surface area contributed by atoms with Crippen LogP contribution in [0.15, 0.2) is 42.5 Å². The summed E-state index contributed by atoms with van der Waals surface area (Å²) < 4.78 is 27.1. The monoisotopic (exact) mass is 311 g/mol. The molecule has 0 spiro atoms. The highest BCUT2D eigenvalue weighted by Gasteiger charge is 2.31. The second-order valence-electron chi connectivity index (χ2n) is 5.04. The van der Waals surface area contributed by atoms with Crippen molar-refractivity contribution in [1.29, 1.82) is 0 Å². The van der Waals surface area contributed by atoms with Gasteiger partial charge in [-0.05, 0) is 35.7 Å². The highest BCUT2D eigenvalue weighted by atomic mass is 35.5. The van der Waals surface area contributed by atoms with Crippen molar-refractivity contribution in [1.82, 2.24) is 0 Å². The lowest BCUT2D eigenvalue weighted by atomic mass is 9.76. The molecule has 0 aliphatic carbocycles. The molecule has 112 valence electrons. The van der Waals surface area contributed by atoms with E-state index in [9.17, 15) is 13.9 Å². The molecular formula is C16H16ClF2NO. The van der Waals surface area contributed by atoms with Gasteiger partial charge in [0.2, 0.25) is 0 Å². The van der Waals surface area contributed by atoms with E-state index in [1.165, 1.54) is 18.2 Å². The largest absolute Gasteiger partial charge is 0.395 e. The van der Waals surface area contributed by atoms with E-state index in [2.05, 4.69) is 0 Å². The van der Waals surface area contributed by atoms with Crippen molar-refractivity contribution >= 4 is 11.6 Å². The lowest BCUT2D eigenvalue weighted by molar-refractivity contribution is 0.195. The molecule has 2 nitrogen and oxygen atoms in total. The normalized spacial score (nSPS) is 14.0. The van der Waals surface area contributed by atoms with Gasteiger partial charge in [-0.2, -0.15) is 0 Å². The maximum atomic E-state index is 14.1. The van der Waals surface area contributed by atoms with Crippen LogP contribution in [0.3, 0.4) is 0 Å². The minimum atomic E-state index is -0.876. The summed E-state index contributed by atoms with van der Waals surface area (Å²) in [5, 5.41) is 9.82. The van der Waals surface area contributed by atoms with Crippen LogP contribution in [0.25, 0.3) is 0 Å². The van der Waals surface area contributed by atoms with E-state index >= 15 is 0 Å². The predicted octanol–water partition coefficient (Wildman–Crippen LogP) is 3.05. The zero-order chi connectivity index (χ0) is 15.5. The summed E-state index contributed by atoms with van der Waals surface area (Å²) in [7, 11) is 0. The van der Waals surface area contributed by atoms with Gasteiger partial charge >= 0.3 is 0 Å². The van der Waals surface area contributed by atoms with Crippen molar-refractivity contribution in [2.75, 3.05) is 13.2 Å². The summed E-state index contributed by atoms with van der Waals surface area (Å²) in [6.07, 6.45) is 0.179. The van der Waals surface area contributed by atoms with Gasteiger partial charge in [-0.15, -0.1) is 0 Å². The van der Waals surface area contributed by atoms with Gasteiger partial charge in [0.15, 0.2) is 0 Å². The average molecular weight is 312 g/mol. The molecule has 21 heavy (non-hydrogen) atoms. The molecule has 0 aliphatic heterocycles.